The van der Waals surface area contributed by atoms with Crippen LogP contribution >= 0.6 is 0 Å². The summed E-state index contributed by atoms with van der Waals surface area (Å²) in [7, 11) is -1.50. The van der Waals surface area contributed by atoms with E-state index in [9.17, 15) is 2.74 Å². The van der Waals surface area contributed by atoms with E-state index in [2.05, 4.69) is 184 Å². The molecule has 0 unspecified atom stereocenters. The molecule has 0 atom stereocenters. The van der Waals surface area contributed by atoms with Crippen molar-refractivity contribution in [1.82, 2.24) is 14.5 Å². The number of imidazole rings is 1. The van der Waals surface area contributed by atoms with Crippen molar-refractivity contribution in [2.24, 2.45) is 5.41 Å². The molecule has 371 valence electrons. The monoisotopic (exact) mass is 1150 g/mol. The number of benzene rings is 8. The van der Waals surface area contributed by atoms with Crippen LogP contribution in [0.25, 0.3) is 94.0 Å². The Balaban J connectivity index is 0.000000283. The average Bonchev–Trinajstić information content (AvgIpc) is 4.02. The normalized spacial score (nSPS) is 13.1. The van der Waals surface area contributed by atoms with E-state index in [1.165, 1.54) is 27.4 Å². The van der Waals surface area contributed by atoms with Gasteiger partial charge in [0.2, 0.25) is 0 Å². The number of hydrogen-bond donors (Lipinski definition) is 0. The summed E-state index contributed by atoms with van der Waals surface area (Å²) in [4.78, 5) is 9.99. The number of para-hydroxylation sites is 2. The molecule has 0 N–H and O–H groups in total. The van der Waals surface area contributed by atoms with Crippen LogP contribution in [0.15, 0.2) is 162 Å². The van der Waals surface area contributed by atoms with E-state index in [-0.39, 0.29) is 31.9 Å². The van der Waals surface area contributed by atoms with Gasteiger partial charge in [-0.2, -0.15) is 0 Å². The van der Waals surface area contributed by atoms with Gasteiger partial charge in [-0.3, -0.25) is 4.98 Å². The van der Waals surface area contributed by atoms with Gasteiger partial charge in [-0.25, -0.2) is 0 Å². The van der Waals surface area contributed by atoms with E-state index < -0.39 is 25.8 Å². The maximum atomic E-state index is 9.55. The predicted molar refractivity (Wildman–Crippen MR) is 310 cm³/mol. The summed E-state index contributed by atoms with van der Waals surface area (Å²) >= 11 is 0. The van der Waals surface area contributed by atoms with Crippen molar-refractivity contribution in [3.8, 4) is 39.5 Å². The third-order valence-corrected chi connectivity index (χ3v) is 15.7. The van der Waals surface area contributed by atoms with Crippen LogP contribution in [0.2, 0.25) is 19.6 Å². The Hall–Kier alpha value is -6.43. The molecule has 0 saturated carbocycles. The number of rotatable bonds is 9. The van der Waals surface area contributed by atoms with E-state index in [0.29, 0.717) is 22.3 Å². The van der Waals surface area contributed by atoms with Crippen molar-refractivity contribution in [3.05, 3.63) is 192 Å². The van der Waals surface area contributed by atoms with Crippen molar-refractivity contribution in [1.29, 1.82) is 0 Å². The Labute approximate surface area is 451 Å². The van der Waals surface area contributed by atoms with E-state index in [0.717, 1.165) is 71.7 Å². The van der Waals surface area contributed by atoms with Gasteiger partial charge in [-0.1, -0.05) is 190 Å². The molecule has 8 aromatic carbocycles. The fraction of sp³-hybridized carbons (Fsp3) is 0.254. The summed E-state index contributed by atoms with van der Waals surface area (Å²) in [5.74, 6) is 0.537. The molecule has 11 aromatic rings. The quantitative estimate of drug-likeness (QED) is 0.0822. The zero-order chi connectivity index (χ0) is 53.4. The van der Waals surface area contributed by atoms with Crippen LogP contribution in [0.3, 0.4) is 0 Å². The molecule has 6 heteroatoms. The van der Waals surface area contributed by atoms with Crippen molar-refractivity contribution in [3.63, 3.8) is 0 Å². The van der Waals surface area contributed by atoms with Crippen LogP contribution in [0.1, 0.15) is 106 Å². The molecule has 0 aliphatic carbocycles. The maximum absolute atomic E-state index is 9.55. The van der Waals surface area contributed by atoms with Crippen LogP contribution in [0, 0.1) is 17.5 Å². The topological polar surface area (TPSA) is 43.9 Å². The first-order valence-electron chi connectivity index (χ1n) is 27.0. The molecule has 0 aliphatic heterocycles. The Bertz CT molecular complexity index is 3910. The van der Waals surface area contributed by atoms with Crippen molar-refractivity contribution in [2.75, 3.05) is 0 Å². The standard InChI is InChI=1S/C50H45N2O.C17H22NSi.Ir/c1-30(2)39-26-36(32-15-9-8-10-16-32)27-40(31(3)4)47(39)52-44-20-14-13-19-43(44)51-49(52)38-24-23-35(29-50(5,6)7)46-42-25-34-22-21-33-17-11-12-18-37(33)41(34)28-45(42)53-48(38)46;1-13(2)15-11-16(14-9-7-6-8-10-14)18-12-17(15)19(3,4)5;/h8-23,25-28,30-31H,29H2,1-7H3;6-9,11-13H,1-5H3;/q2*-1;/i29D2;13D;. The van der Waals surface area contributed by atoms with Gasteiger partial charge >= 0.3 is 0 Å². The second-order valence-electron chi connectivity index (χ2n) is 22.2. The van der Waals surface area contributed by atoms with Gasteiger partial charge in [0.1, 0.15) is 5.58 Å². The zero-order valence-electron chi connectivity index (χ0n) is 47.2. The van der Waals surface area contributed by atoms with Crippen LogP contribution < -0.4 is 5.19 Å². The Morgan fingerprint density at radius 2 is 1.36 bits per heavy atom. The van der Waals surface area contributed by atoms with Crippen LogP contribution in [-0.4, -0.2) is 22.6 Å². The largest absolute Gasteiger partial charge is 0.501 e. The van der Waals surface area contributed by atoms with Crippen molar-refractivity contribution in [2.45, 2.75) is 106 Å². The number of furan rings is 1. The maximum Gasteiger partial charge on any atom is 0.121 e. The minimum absolute atomic E-state index is 0. The van der Waals surface area contributed by atoms with Gasteiger partial charge in [-0.15, -0.1) is 53.6 Å². The van der Waals surface area contributed by atoms with Crippen molar-refractivity contribution < 1.29 is 28.6 Å². The molecular weight excluding hydrogens is 1080 g/mol. The van der Waals surface area contributed by atoms with E-state index in [4.69, 9.17) is 10.8 Å². The van der Waals surface area contributed by atoms with Gasteiger partial charge in [0, 0.05) is 41.5 Å². The van der Waals surface area contributed by atoms with E-state index in [1.54, 1.807) is 0 Å². The van der Waals surface area contributed by atoms with Gasteiger partial charge in [0.05, 0.1) is 30.5 Å². The van der Waals surface area contributed by atoms with Crippen molar-refractivity contribution >= 4 is 67.8 Å². The molecule has 73 heavy (non-hydrogen) atoms. The SMILES string of the molecule is [2H]C(C)(C)c1cc(-c2[c-]cccc2)ncc1[Si](C)(C)C.[2H]C([2H])(c1c[c-]c(-c2nc3ccccc3n2-c2c(C(C)C)cc(-c3ccccc3)cc2C(C)C)c2oc3cc4c(ccc5ccccc54)cc3c12)C(C)(C)C.[Ir]. The fourth-order valence-corrected chi connectivity index (χ4v) is 11.8. The summed E-state index contributed by atoms with van der Waals surface area (Å²) in [6.45, 7) is 25.7. The second kappa shape index (κ2) is 20.5. The summed E-state index contributed by atoms with van der Waals surface area (Å²) in [5, 5.41) is 7.43. The van der Waals surface area contributed by atoms with Gasteiger partial charge in [0.15, 0.2) is 0 Å². The molecule has 0 bridgehead atoms. The molecule has 11 rings (SSSR count). The number of hydrogen-bond acceptors (Lipinski definition) is 3. The minimum Gasteiger partial charge on any atom is -0.501 e. The molecule has 0 spiro atoms. The minimum atomic E-state index is -1.70. The summed E-state index contributed by atoms with van der Waals surface area (Å²) in [5.41, 5.74) is 12.7. The van der Waals surface area contributed by atoms with Crippen LogP contribution in [-0.2, 0) is 26.5 Å². The molecule has 0 aliphatic rings. The smallest absolute Gasteiger partial charge is 0.121 e. The van der Waals surface area contributed by atoms with Gasteiger partial charge in [-0.05, 0) is 114 Å². The summed E-state index contributed by atoms with van der Waals surface area (Å²) in [6.07, 6.45) is 0.284. The fourth-order valence-electron chi connectivity index (χ4n) is 10.2. The first-order valence-corrected chi connectivity index (χ1v) is 29.0. The molecule has 3 heterocycles. The molecular formula is C67H67IrN3OSi-2. The molecule has 3 aromatic heterocycles. The summed E-state index contributed by atoms with van der Waals surface area (Å²) < 4.78 is 36.9. The first kappa shape index (κ1) is 47.6. The molecule has 0 amide bonds. The van der Waals surface area contributed by atoms with Gasteiger partial charge < -0.3 is 14.0 Å². The van der Waals surface area contributed by atoms with E-state index >= 15 is 0 Å². The van der Waals surface area contributed by atoms with Crippen LogP contribution in [0.4, 0.5) is 0 Å². The van der Waals surface area contributed by atoms with E-state index in [1.807, 2.05) is 77.2 Å². The number of fused-ring (bicyclic) bond motifs is 7. The first-order chi connectivity index (χ1) is 35.5. The number of pyridine rings is 1. The van der Waals surface area contributed by atoms with Gasteiger partial charge in [0.25, 0.3) is 0 Å². The average molecular weight is 1150 g/mol. The number of aromatic nitrogens is 3. The summed E-state index contributed by atoms with van der Waals surface area (Å²) in [6, 6.07) is 59.3. The molecule has 1 radical (unpaired) electrons. The second-order valence-corrected chi connectivity index (χ2v) is 27.2. The number of nitrogens with zero attached hydrogens (tertiary/aromatic N) is 3. The Kier molecular flexibility index (Phi) is 13.3. The molecule has 4 nitrogen and oxygen atoms in total. The molecule has 0 fully saturated rings. The Morgan fingerprint density at radius 3 is 2.03 bits per heavy atom. The molecule has 0 saturated heterocycles. The third kappa shape index (κ3) is 10.1. The third-order valence-electron chi connectivity index (χ3n) is 13.7. The Morgan fingerprint density at radius 1 is 0.685 bits per heavy atom. The predicted octanol–water partition coefficient (Wildman–Crippen LogP) is 18.4. The van der Waals surface area contributed by atoms with Crippen LogP contribution in [0.5, 0.6) is 0 Å². The zero-order valence-corrected chi connectivity index (χ0v) is 47.6.